The Kier molecular flexibility index (Phi) is 4.86. The molecule has 2 N–H and O–H groups in total. The lowest BCUT2D eigenvalue weighted by Crippen LogP contribution is -2.50. The third-order valence-corrected chi connectivity index (χ3v) is 4.30. The Morgan fingerprint density at radius 3 is 3.00 bits per heavy atom. The van der Waals surface area contributed by atoms with Gasteiger partial charge in [0.15, 0.2) is 0 Å². The zero-order valence-electron chi connectivity index (χ0n) is 10.2. The molecule has 1 aliphatic rings. The quantitative estimate of drug-likeness (QED) is 0.777. The summed E-state index contributed by atoms with van der Waals surface area (Å²) in [6.45, 7) is 4.02. The fourth-order valence-corrected chi connectivity index (χ4v) is 3.04. The molecular formula is C13H16ClIN2O. The SMILES string of the molecule is CC1CCNCC1NC(=O)c1ccc(I)cc1Cl. The summed E-state index contributed by atoms with van der Waals surface area (Å²) in [6, 6.07) is 5.66. The van der Waals surface area contributed by atoms with Crippen molar-refractivity contribution in [1.82, 2.24) is 10.6 Å². The van der Waals surface area contributed by atoms with Crippen LogP contribution in [0.15, 0.2) is 18.2 Å². The number of rotatable bonds is 2. The number of hydrogen-bond donors (Lipinski definition) is 2. The minimum atomic E-state index is -0.0862. The van der Waals surface area contributed by atoms with E-state index in [1.165, 1.54) is 0 Å². The van der Waals surface area contributed by atoms with Crippen LogP contribution in [0, 0.1) is 9.49 Å². The Balaban J connectivity index is 2.07. The molecule has 1 aromatic rings. The molecule has 0 aliphatic carbocycles. The monoisotopic (exact) mass is 378 g/mol. The van der Waals surface area contributed by atoms with Crippen LogP contribution in [0.5, 0.6) is 0 Å². The van der Waals surface area contributed by atoms with Gasteiger partial charge in [-0.3, -0.25) is 4.79 Å². The van der Waals surface area contributed by atoms with E-state index in [4.69, 9.17) is 11.6 Å². The summed E-state index contributed by atoms with van der Waals surface area (Å²) in [7, 11) is 0. The molecular weight excluding hydrogens is 363 g/mol. The smallest absolute Gasteiger partial charge is 0.253 e. The van der Waals surface area contributed by atoms with Gasteiger partial charge in [-0.05, 0) is 59.7 Å². The highest BCUT2D eigenvalue weighted by atomic mass is 127. The first-order valence-electron chi connectivity index (χ1n) is 6.04. The molecule has 0 bridgehead atoms. The number of piperidine rings is 1. The summed E-state index contributed by atoms with van der Waals surface area (Å²) in [5, 5.41) is 6.86. The molecule has 1 saturated heterocycles. The number of nitrogens with one attached hydrogen (secondary N) is 2. The van der Waals surface area contributed by atoms with Crippen LogP contribution < -0.4 is 10.6 Å². The molecule has 1 amide bonds. The van der Waals surface area contributed by atoms with E-state index in [-0.39, 0.29) is 11.9 Å². The lowest BCUT2D eigenvalue weighted by atomic mass is 9.94. The molecule has 18 heavy (non-hydrogen) atoms. The second kappa shape index (κ2) is 6.21. The minimum absolute atomic E-state index is 0.0862. The molecule has 2 unspecified atom stereocenters. The molecule has 2 rings (SSSR count). The van der Waals surface area contributed by atoms with Crippen LogP contribution in [0.3, 0.4) is 0 Å². The van der Waals surface area contributed by atoms with E-state index in [0.717, 1.165) is 23.1 Å². The lowest BCUT2D eigenvalue weighted by Gasteiger charge is -2.30. The number of carbonyl (C=O) groups excluding carboxylic acids is 1. The standard InChI is InChI=1S/C13H16ClIN2O/c1-8-4-5-16-7-12(8)17-13(18)10-3-2-9(15)6-11(10)14/h2-3,6,8,12,16H,4-5,7H2,1H3,(H,17,18). The summed E-state index contributed by atoms with van der Waals surface area (Å²) in [5.41, 5.74) is 0.551. The van der Waals surface area contributed by atoms with Gasteiger partial charge in [0.2, 0.25) is 0 Å². The Hall–Kier alpha value is -0.330. The van der Waals surface area contributed by atoms with E-state index in [1.54, 1.807) is 12.1 Å². The molecule has 1 aliphatic heterocycles. The maximum Gasteiger partial charge on any atom is 0.253 e. The maximum atomic E-state index is 12.2. The Bertz CT molecular complexity index is 453. The van der Waals surface area contributed by atoms with Crippen LogP contribution in [-0.4, -0.2) is 25.0 Å². The van der Waals surface area contributed by atoms with Gasteiger partial charge in [-0.1, -0.05) is 18.5 Å². The average Bonchev–Trinajstić information content (AvgIpc) is 2.32. The molecule has 1 fully saturated rings. The highest BCUT2D eigenvalue weighted by Crippen LogP contribution is 2.20. The van der Waals surface area contributed by atoms with Gasteiger partial charge in [0, 0.05) is 16.2 Å². The van der Waals surface area contributed by atoms with Crippen molar-refractivity contribution in [3.05, 3.63) is 32.4 Å². The topological polar surface area (TPSA) is 41.1 Å². The number of carbonyl (C=O) groups is 1. The van der Waals surface area contributed by atoms with E-state index >= 15 is 0 Å². The maximum absolute atomic E-state index is 12.2. The predicted octanol–water partition coefficient (Wildman–Crippen LogP) is 2.67. The van der Waals surface area contributed by atoms with Crippen molar-refractivity contribution < 1.29 is 4.79 Å². The molecule has 1 aromatic carbocycles. The molecule has 0 radical (unpaired) electrons. The van der Waals surface area contributed by atoms with E-state index in [1.807, 2.05) is 6.07 Å². The van der Waals surface area contributed by atoms with Gasteiger partial charge in [0.1, 0.15) is 0 Å². The predicted molar refractivity (Wildman–Crippen MR) is 82.1 cm³/mol. The van der Waals surface area contributed by atoms with Gasteiger partial charge in [-0.2, -0.15) is 0 Å². The molecule has 2 atom stereocenters. The Labute approximate surface area is 126 Å². The first-order chi connectivity index (χ1) is 8.58. The fourth-order valence-electron chi connectivity index (χ4n) is 2.10. The van der Waals surface area contributed by atoms with Crippen LogP contribution in [-0.2, 0) is 0 Å². The minimum Gasteiger partial charge on any atom is -0.348 e. The van der Waals surface area contributed by atoms with Crippen molar-refractivity contribution in [2.45, 2.75) is 19.4 Å². The zero-order valence-corrected chi connectivity index (χ0v) is 13.1. The molecule has 3 nitrogen and oxygen atoms in total. The Morgan fingerprint density at radius 1 is 1.56 bits per heavy atom. The van der Waals surface area contributed by atoms with Crippen molar-refractivity contribution in [2.75, 3.05) is 13.1 Å². The van der Waals surface area contributed by atoms with Crippen LogP contribution in [0.25, 0.3) is 0 Å². The summed E-state index contributed by atoms with van der Waals surface area (Å²) < 4.78 is 1.03. The summed E-state index contributed by atoms with van der Waals surface area (Å²) >= 11 is 8.28. The van der Waals surface area contributed by atoms with Crippen LogP contribution in [0.2, 0.25) is 5.02 Å². The largest absolute Gasteiger partial charge is 0.348 e. The van der Waals surface area contributed by atoms with E-state index in [2.05, 4.69) is 40.1 Å². The van der Waals surface area contributed by atoms with E-state index in [0.29, 0.717) is 16.5 Å². The molecule has 1 heterocycles. The number of benzene rings is 1. The van der Waals surface area contributed by atoms with Gasteiger partial charge in [-0.25, -0.2) is 0 Å². The van der Waals surface area contributed by atoms with Gasteiger partial charge < -0.3 is 10.6 Å². The van der Waals surface area contributed by atoms with E-state index < -0.39 is 0 Å². The van der Waals surface area contributed by atoms with Gasteiger partial charge in [0.25, 0.3) is 5.91 Å². The van der Waals surface area contributed by atoms with Crippen molar-refractivity contribution in [1.29, 1.82) is 0 Å². The summed E-state index contributed by atoms with van der Waals surface area (Å²) in [6.07, 6.45) is 1.09. The molecule has 0 saturated carbocycles. The molecule has 98 valence electrons. The second-order valence-electron chi connectivity index (χ2n) is 4.67. The number of hydrogen-bond acceptors (Lipinski definition) is 2. The summed E-state index contributed by atoms with van der Waals surface area (Å²) in [5.74, 6) is 0.412. The van der Waals surface area contributed by atoms with Gasteiger partial charge in [-0.15, -0.1) is 0 Å². The highest BCUT2D eigenvalue weighted by Gasteiger charge is 2.23. The van der Waals surface area contributed by atoms with Crippen LogP contribution >= 0.6 is 34.2 Å². The van der Waals surface area contributed by atoms with E-state index in [9.17, 15) is 4.79 Å². The second-order valence-corrected chi connectivity index (χ2v) is 6.33. The summed E-state index contributed by atoms with van der Waals surface area (Å²) in [4.78, 5) is 12.2. The van der Waals surface area contributed by atoms with Crippen molar-refractivity contribution in [2.24, 2.45) is 5.92 Å². The first-order valence-corrected chi connectivity index (χ1v) is 7.50. The van der Waals surface area contributed by atoms with Crippen LogP contribution in [0.4, 0.5) is 0 Å². The third-order valence-electron chi connectivity index (χ3n) is 3.32. The average molecular weight is 379 g/mol. The normalized spacial score (nSPS) is 23.7. The fraction of sp³-hybridized carbons (Fsp3) is 0.462. The molecule has 5 heteroatoms. The van der Waals surface area contributed by atoms with Gasteiger partial charge in [0.05, 0.1) is 10.6 Å². The lowest BCUT2D eigenvalue weighted by molar-refractivity contribution is 0.0915. The number of amides is 1. The van der Waals surface area contributed by atoms with Crippen LogP contribution in [0.1, 0.15) is 23.7 Å². The Morgan fingerprint density at radius 2 is 2.33 bits per heavy atom. The zero-order chi connectivity index (χ0) is 13.1. The molecule has 0 aromatic heterocycles. The highest BCUT2D eigenvalue weighted by molar-refractivity contribution is 14.1. The number of halogens is 2. The van der Waals surface area contributed by atoms with Crippen molar-refractivity contribution in [3.63, 3.8) is 0 Å². The van der Waals surface area contributed by atoms with Gasteiger partial charge >= 0.3 is 0 Å². The molecule has 0 spiro atoms. The van der Waals surface area contributed by atoms with Crippen molar-refractivity contribution >= 4 is 40.1 Å². The first kappa shape index (κ1) is 14.1. The third kappa shape index (κ3) is 3.36. The van der Waals surface area contributed by atoms with Crippen molar-refractivity contribution in [3.8, 4) is 0 Å².